The monoisotopic (exact) mass is 192 g/mol. The molecule has 12 heavy (non-hydrogen) atoms. The molecule has 2 nitrogen and oxygen atoms in total. The molecule has 3 heteroatoms. The lowest BCUT2D eigenvalue weighted by Gasteiger charge is -2.32. The molecule has 1 atom stereocenters. The molecule has 0 saturated heterocycles. The lowest BCUT2D eigenvalue weighted by Crippen LogP contribution is -2.34. The van der Waals surface area contributed by atoms with Crippen LogP contribution in [0.25, 0.3) is 0 Å². The van der Waals surface area contributed by atoms with E-state index in [1.807, 2.05) is 34.6 Å². The summed E-state index contributed by atoms with van der Waals surface area (Å²) in [6, 6.07) is 0. The minimum Gasteiger partial charge on any atom is -0.450 e. The second-order valence-electron chi connectivity index (χ2n) is 4.39. The summed E-state index contributed by atoms with van der Waals surface area (Å²) in [7, 11) is 0. The lowest BCUT2D eigenvalue weighted by atomic mass is 9.83. The Morgan fingerprint density at radius 3 is 1.83 bits per heavy atom. The van der Waals surface area contributed by atoms with E-state index in [0.29, 0.717) is 0 Å². The normalized spacial score (nSPS) is 14.6. The Labute approximate surface area is 79.2 Å². The van der Waals surface area contributed by atoms with Gasteiger partial charge in [0.15, 0.2) is 0 Å². The molecule has 0 aromatic heterocycles. The highest BCUT2D eigenvalue weighted by Crippen LogP contribution is 2.28. The minimum atomic E-state index is -0.719. The van der Waals surface area contributed by atoms with Crippen molar-refractivity contribution in [2.45, 2.75) is 40.7 Å². The third kappa shape index (κ3) is 3.96. The van der Waals surface area contributed by atoms with Crippen molar-refractivity contribution in [2.75, 3.05) is 0 Å². The van der Waals surface area contributed by atoms with E-state index < -0.39 is 5.43 Å². The zero-order chi connectivity index (χ0) is 9.94. The van der Waals surface area contributed by atoms with E-state index in [0.717, 1.165) is 0 Å². The zero-order valence-electron chi connectivity index (χ0n) is 8.35. The number of halogens is 1. The van der Waals surface area contributed by atoms with E-state index in [-0.39, 0.29) is 17.4 Å². The standard InChI is InChI=1S/C9H17ClO2/c1-6(2)7(9(3,4)5)12-8(10)11/h6-7H,1-5H3/t7-/m0/s1. The van der Waals surface area contributed by atoms with E-state index in [9.17, 15) is 4.79 Å². The number of ether oxygens (including phenoxy) is 1. The van der Waals surface area contributed by atoms with Crippen LogP contribution in [-0.2, 0) is 4.74 Å². The highest BCUT2D eigenvalue weighted by atomic mass is 35.5. The molecular weight excluding hydrogens is 176 g/mol. The van der Waals surface area contributed by atoms with E-state index >= 15 is 0 Å². The van der Waals surface area contributed by atoms with Gasteiger partial charge in [0.1, 0.15) is 6.10 Å². The van der Waals surface area contributed by atoms with Crippen LogP contribution in [0.1, 0.15) is 34.6 Å². The van der Waals surface area contributed by atoms with Gasteiger partial charge in [-0.05, 0) is 11.3 Å². The van der Waals surface area contributed by atoms with Crippen LogP contribution >= 0.6 is 11.6 Å². The molecule has 0 rings (SSSR count). The summed E-state index contributed by atoms with van der Waals surface area (Å²) >= 11 is 5.16. The molecule has 0 spiro atoms. The van der Waals surface area contributed by atoms with Gasteiger partial charge in [-0.1, -0.05) is 34.6 Å². The fourth-order valence-electron chi connectivity index (χ4n) is 1.41. The molecule has 0 unspecified atom stereocenters. The van der Waals surface area contributed by atoms with E-state index in [1.165, 1.54) is 0 Å². The molecule has 0 bridgehead atoms. The topological polar surface area (TPSA) is 26.3 Å². The maximum Gasteiger partial charge on any atom is 0.404 e. The highest BCUT2D eigenvalue weighted by Gasteiger charge is 2.30. The molecule has 0 fully saturated rings. The Morgan fingerprint density at radius 1 is 1.33 bits per heavy atom. The number of hydrogen-bond donors (Lipinski definition) is 0. The molecule has 0 radical (unpaired) electrons. The minimum absolute atomic E-state index is 0.0568. The van der Waals surface area contributed by atoms with Gasteiger partial charge in [-0.3, -0.25) is 0 Å². The van der Waals surface area contributed by atoms with Crippen molar-refractivity contribution >= 4 is 17.0 Å². The predicted molar refractivity (Wildman–Crippen MR) is 50.4 cm³/mol. The first-order valence-electron chi connectivity index (χ1n) is 4.11. The van der Waals surface area contributed by atoms with Crippen LogP contribution in [0.2, 0.25) is 0 Å². The first kappa shape index (κ1) is 11.8. The summed E-state index contributed by atoms with van der Waals surface area (Å²) < 4.78 is 5.00. The molecule has 0 aromatic carbocycles. The predicted octanol–water partition coefficient (Wildman–Crippen LogP) is 3.43. The first-order valence-corrected chi connectivity index (χ1v) is 4.49. The van der Waals surface area contributed by atoms with Gasteiger partial charge in [0.05, 0.1) is 0 Å². The Hall–Kier alpha value is -0.240. The SMILES string of the molecule is CC(C)[C@H](OC(=O)Cl)C(C)(C)C. The molecule has 0 amide bonds. The van der Waals surface area contributed by atoms with Crippen molar-refractivity contribution in [3.8, 4) is 0 Å². The third-order valence-electron chi connectivity index (χ3n) is 1.68. The van der Waals surface area contributed by atoms with Gasteiger partial charge in [0.25, 0.3) is 0 Å². The molecule has 0 aromatic rings. The first-order chi connectivity index (χ1) is 5.25. The van der Waals surface area contributed by atoms with Crippen molar-refractivity contribution in [2.24, 2.45) is 11.3 Å². The van der Waals surface area contributed by atoms with Crippen molar-refractivity contribution < 1.29 is 9.53 Å². The Bertz CT molecular complexity index is 158. The summed E-state index contributed by atoms with van der Waals surface area (Å²) in [5.41, 5.74) is -0.776. The van der Waals surface area contributed by atoms with Crippen LogP contribution in [0.3, 0.4) is 0 Å². The third-order valence-corrected chi connectivity index (χ3v) is 1.77. The second-order valence-corrected chi connectivity index (χ2v) is 4.69. The van der Waals surface area contributed by atoms with Gasteiger partial charge in [0.2, 0.25) is 0 Å². The van der Waals surface area contributed by atoms with Gasteiger partial charge >= 0.3 is 5.43 Å². The van der Waals surface area contributed by atoms with Gasteiger partial charge in [-0.25, -0.2) is 4.79 Å². The van der Waals surface area contributed by atoms with Gasteiger partial charge in [0, 0.05) is 11.6 Å². The van der Waals surface area contributed by atoms with Crippen LogP contribution in [0.4, 0.5) is 4.79 Å². The average molecular weight is 193 g/mol. The Balaban J connectivity index is 4.35. The summed E-state index contributed by atoms with van der Waals surface area (Å²) in [5.74, 6) is 0.285. The maximum absolute atomic E-state index is 10.5. The highest BCUT2D eigenvalue weighted by molar-refractivity contribution is 6.61. The van der Waals surface area contributed by atoms with Crippen molar-refractivity contribution in [1.29, 1.82) is 0 Å². The number of carbonyl (C=O) groups is 1. The molecule has 0 aliphatic rings. The number of carbonyl (C=O) groups excluding carboxylic acids is 1. The lowest BCUT2D eigenvalue weighted by molar-refractivity contribution is 0.0148. The van der Waals surface area contributed by atoms with Crippen LogP contribution in [0.5, 0.6) is 0 Å². The average Bonchev–Trinajstić information content (AvgIpc) is 1.79. The van der Waals surface area contributed by atoms with Gasteiger partial charge in [-0.15, -0.1) is 0 Å². The second kappa shape index (κ2) is 4.13. The summed E-state index contributed by atoms with van der Waals surface area (Å²) in [4.78, 5) is 10.5. The largest absolute Gasteiger partial charge is 0.450 e. The van der Waals surface area contributed by atoms with Crippen LogP contribution < -0.4 is 0 Å². The molecule has 72 valence electrons. The van der Waals surface area contributed by atoms with Gasteiger partial charge in [-0.2, -0.15) is 0 Å². The maximum atomic E-state index is 10.5. The fourth-order valence-corrected chi connectivity index (χ4v) is 1.51. The van der Waals surface area contributed by atoms with Crippen LogP contribution in [-0.4, -0.2) is 11.5 Å². The van der Waals surface area contributed by atoms with Crippen LogP contribution in [0, 0.1) is 11.3 Å². The smallest absolute Gasteiger partial charge is 0.404 e. The van der Waals surface area contributed by atoms with Crippen molar-refractivity contribution in [3.05, 3.63) is 0 Å². The number of hydrogen-bond acceptors (Lipinski definition) is 2. The zero-order valence-corrected chi connectivity index (χ0v) is 9.11. The Morgan fingerprint density at radius 2 is 1.75 bits per heavy atom. The Kier molecular flexibility index (Phi) is 4.04. The van der Waals surface area contributed by atoms with Crippen LogP contribution in [0.15, 0.2) is 0 Å². The summed E-state index contributed by atoms with van der Waals surface area (Å²) in [6.45, 7) is 10.1. The molecule has 0 saturated carbocycles. The van der Waals surface area contributed by atoms with Gasteiger partial charge < -0.3 is 4.74 Å². The fraction of sp³-hybridized carbons (Fsp3) is 0.889. The summed E-state index contributed by atoms with van der Waals surface area (Å²) in [6.07, 6.45) is -0.123. The van der Waals surface area contributed by atoms with E-state index in [1.54, 1.807) is 0 Å². The quantitative estimate of drug-likeness (QED) is 0.627. The molecule has 0 heterocycles. The molecular formula is C9H17ClO2. The van der Waals surface area contributed by atoms with Crippen molar-refractivity contribution in [3.63, 3.8) is 0 Å². The van der Waals surface area contributed by atoms with Crippen molar-refractivity contribution in [1.82, 2.24) is 0 Å². The molecule has 0 N–H and O–H groups in total. The van der Waals surface area contributed by atoms with E-state index in [4.69, 9.17) is 16.3 Å². The molecule has 0 aliphatic heterocycles. The summed E-state index contributed by atoms with van der Waals surface area (Å²) in [5, 5.41) is 0. The van der Waals surface area contributed by atoms with E-state index in [2.05, 4.69) is 0 Å². The molecule has 0 aliphatic carbocycles. The number of rotatable bonds is 2.